The highest BCUT2D eigenvalue weighted by Gasteiger charge is 2.26. The van der Waals surface area contributed by atoms with Crippen molar-refractivity contribution < 1.29 is 9.53 Å². The molecule has 1 heterocycles. The predicted molar refractivity (Wildman–Crippen MR) is 82.0 cm³/mol. The van der Waals surface area contributed by atoms with Crippen LogP contribution in [0.1, 0.15) is 63.1 Å². The zero-order chi connectivity index (χ0) is 14.5. The lowest BCUT2D eigenvalue weighted by molar-refractivity contribution is -0.142. The molecule has 0 unspecified atom stereocenters. The Balaban J connectivity index is 1.88. The Bertz CT molecular complexity index is 433. The van der Waals surface area contributed by atoms with Crippen molar-refractivity contribution in [2.24, 2.45) is 11.8 Å². The quantitative estimate of drug-likeness (QED) is 0.765. The van der Waals surface area contributed by atoms with Gasteiger partial charge in [-0.3, -0.25) is 4.79 Å². The minimum Gasteiger partial charge on any atom is -0.466 e. The monoisotopic (exact) mass is 295 g/mol. The summed E-state index contributed by atoms with van der Waals surface area (Å²) in [7, 11) is 0. The van der Waals surface area contributed by atoms with Crippen molar-refractivity contribution in [2.45, 2.75) is 58.8 Å². The van der Waals surface area contributed by atoms with Crippen molar-refractivity contribution in [3.63, 3.8) is 0 Å². The third-order valence-electron chi connectivity index (χ3n) is 4.26. The Labute approximate surface area is 125 Å². The summed E-state index contributed by atoms with van der Waals surface area (Å²) in [5, 5.41) is 3.23. The average molecular weight is 295 g/mol. The van der Waals surface area contributed by atoms with E-state index in [1.165, 1.54) is 30.7 Å². The molecule has 0 saturated heterocycles. The van der Waals surface area contributed by atoms with Gasteiger partial charge in [0.25, 0.3) is 0 Å². The van der Waals surface area contributed by atoms with E-state index in [-0.39, 0.29) is 5.97 Å². The molecule has 4 heteroatoms. The fourth-order valence-electron chi connectivity index (χ4n) is 2.98. The smallest absolute Gasteiger partial charge is 0.311 e. The average Bonchev–Trinajstić information content (AvgIpc) is 2.87. The van der Waals surface area contributed by atoms with E-state index in [2.05, 4.69) is 18.8 Å². The molecule has 0 spiro atoms. The molecule has 1 aliphatic rings. The maximum atomic E-state index is 11.5. The third kappa shape index (κ3) is 4.05. The van der Waals surface area contributed by atoms with Crippen LogP contribution in [0.2, 0.25) is 0 Å². The first kappa shape index (κ1) is 15.5. The second-order valence-electron chi connectivity index (χ2n) is 6.01. The summed E-state index contributed by atoms with van der Waals surface area (Å²) >= 11 is 1.71. The van der Waals surface area contributed by atoms with E-state index in [0.717, 1.165) is 17.5 Å². The topological polar surface area (TPSA) is 39.2 Å². The highest BCUT2D eigenvalue weighted by molar-refractivity contribution is 7.09. The van der Waals surface area contributed by atoms with Crippen LogP contribution in [0.25, 0.3) is 0 Å². The highest BCUT2D eigenvalue weighted by atomic mass is 32.1. The van der Waals surface area contributed by atoms with E-state index >= 15 is 0 Å². The first-order valence-corrected chi connectivity index (χ1v) is 8.58. The number of carbonyl (C=O) groups is 1. The van der Waals surface area contributed by atoms with E-state index in [0.29, 0.717) is 18.9 Å². The normalized spacial score (nSPS) is 23.0. The Morgan fingerprint density at radius 1 is 1.40 bits per heavy atom. The van der Waals surface area contributed by atoms with Crippen LogP contribution in [0, 0.1) is 11.8 Å². The van der Waals surface area contributed by atoms with Gasteiger partial charge in [-0.05, 0) is 44.4 Å². The second kappa shape index (κ2) is 7.21. The fourth-order valence-corrected chi connectivity index (χ4v) is 3.97. The van der Waals surface area contributed by atoms with E-state index in [1.54, 1.807) is 11.3 Å². The molecule has 0 atom stereocenters. The van der Waals surface area contributed by atoms with Gasteiger partial charge in [0.1, 0.15) is 0 Å². The summed E-state index contributed by atoms with van der Waals surface area (Å²) in [4.78, 5) is 16.1. The van der Waals surface area contributed by atoms with E-state index in [1.807, 2.05) is 12.3 Å². The van der Waals surface area contributed by atoms with Crippen molar-refractivity contribution in [3.8, 4) is 0 Å². The minimum atomic E-state index is -0.173. The SMILES string of the molecule is CCOC(=O)Cc1csc(C2CCC(C(C)C)CC2)n1. The number of aromatic nitrogens is 1. The van der Waals surface area contributed by atoms with Crippen molar-refractivity contribution >= 4 is 17.3 Å². The van der Waals surface area contributed by atoms with Gasteiger partial charge in [0.2, 0.25) is 0 Å². The van der Waals surface area contributed by atoms with Crippen LogP contribution >= 0.6 is 11.3 Å². The molecule has 20 heavy (non-hydrogen) atoms. The Hall–Kier alpha value is -0.900. The molecule has 0 amide bonds. The van der Waals surface area contributed by atoms with Gasteiger partial charge in [-0.15, -0.1) is 11.3 Å². The molecule has 0 aromatic carbocycles. The Kier molecular flexibility index (Phi) is 5.58. The molecular formula is C16H25NO2S. The molecule has 112 valence electrons. The Morgan fingerprint density at radius 2 is 2.10 bits per heavy atom. The molecule has 0 aliphatic heterocycles. The highest BCUT2D eigenvalue weighted by Crippen LogP contribution is 2.39. The number of hydrogen-bond acceptors (Lipinski definition) is 4. The number of hydrogen-bond donors (Lipinski definition) is 0. The van der Waals surface area contributed by atoms with Gasteiger partial charge in [0, 0.05) is 11.3 Å². The van der Waals surface area contributed by atoms with Gasteiger partial charge in [0.05, 0.1) is 23.7 Å². The molecular weight excluding hydrogens is 270 g/mol. The van der Waals surface area contributed by atoms with Crippen molar-refractivity contribution in [1.82, 2.24) is 4.98 Å². The predicted octanol–water partition coefficient (Wildman–Crippen LogP) is 4.18. The molecule has 1 saturated carbocycles. The lowest BCUT2D eigenvalue weighted by atomic mass is 9.77. The summed E-state index contributed by atoms with van der Waals surface area (Å²) in [5.74, 6) is 2.11. The first-order chi connectivity index (χ1) is 9.60. The van der Waals surface area contributed by atoms with Gasteiger partial charge in [-0.25, -0.2) is 4.98 Å². The Morgan fingerprint density at radius 3 is 2.70 bits per heavy atom. The maximum Gasteiger partial charge on any atom is 0.311 e. The summed E-state index contributed by atoms with van der Waals surface area (Å²) in [5.41, 5.74) is 0.870. The molecule has 3 nitrogen and oxygen atoms in total. The lowest BCUT2D eigenvalue weighted by Gasteiger charge is -2.29. The largest absolute Gasteiger partial charge is 0.466 e. The molecule has 0 N–H and O–H groups in total. The summed E-state index contributed by atoms with van der Waals surface area (Å²) in [6.07, 6.45) is 5.43. The summed E-state index contributed by atoms with van der Waals surface area (Å²) < 4.78 is 4.97. The molecule has 1 aromatic heterocycles. The van der Waals surface area contributed by atoms with Crippen LogP contribution in [0.3, 0.4) is 0 Å². The number of thiazole rings is 1. The number of ether oxygens (including phenoxy) is 1. The van der Waals surface area contributed by atoms with Crippen molar-refractivity contribution in [1.29, 1.82) is 0 Å². The lowest BCUT2D eigenvalue weighted by Crippen LogP contribution is -2.17. The van der Waals surface area contributed by atoms with Crippen LogP contribution < -0.4 is 0 Å². The van der Waals surface area contributed by atoms with Crippen molar-refractivity contribution in [3.05, 3.63) is 16.1 Å². The van der Waals surface area contributed by atoms with Gasteiger partial charge in [-0.2, -0.15) is 0 Å². The van der Waals surface area contributed by atoms with Gasteiger partial charge in [0.15, 0.2) is 0 Å². The molecule has 0 radical (unpaired) electrons. The van der Waals surface area contributed by atoms with Gasteiger partial charge in [-0.1, -0.05) is 13.8 Å². The number of rotatable bonds is 5. The van der Waals surface area contributed by atoms with Crippen LogP contribution in [0.15, 0.2) is 5.38 Å². The molecule has 1 aliphatic carbocycles. The van der Waals surface area contributed by atoms with Crippen LogP contribution in [-0.2, 0) is 16.0 Å². The number of esters is 1. The molecule has 1 aromatic rings. The maximum absolute atomic E-state index is 11.5. The van der Waals surface area contributed by atoms with E-state index in [4.69, 9.17) is 4.74 Å². The van der Waals surface area contributed by atoms with Crippen LogP contribution in [0.4, 0.5) is 0 Å². The molecule has 2 rings (SSSR count). The second-order valence-corrected chi connectivity index (χ2v) is 6.90. The zero-order valence-electron chi connectivity index (χ0n) is 12.7. The molecule has 1 fully saturated rings. The standard InChI is InChI=1S/C16H25NO2S/c1-4-19-15(18)9-14-10-20-16(17-14)13-7-5-12(6-8-13)11(2)3/h10-13H,4-9H2,1-3H3. The first-order valence-electron chi connectivity index (χ1n) is 7.70. The number of carbonyl (C=O) groups excluding carboxylic acids is 1. The summed E-state index contributed by atoms with van der Waals surface area (Å²) in [6, 6.07) is 0. The zero-order valence-corrected chi connectivity index (χ0v) is 13.5. The minimum absolute atomic E-state index is 0.173. The number of nitrogens with zero attached hydrogens (tertiary/aromatic N) is 1. The van der Waals surface area contributed by atoms with Crippen LogP contribution in [-0.4, -0.2) is 17.6 Å². The van der Waals surface area contributed by atoms with Gasteiger partial charge >= 0.3 is 5.97 Å². The van der Waals surface area contributed by atoms with Crippen LogP contribution in [0.5, 0.6) is 0 Å². The van der Waals surface area contributed by atoms with Crippen molar-refractivity contribution in [2.75, 3.05) is 6.61 Å². The van der Waals surface area contributed by atoms with E-state index in [9.17, 15) is 4.79 Å². The third-order valence-corrected chi connectivity index (χ3v) is 5.32. The van der Waals surface area contributed by atoms with E-state index < -0.39 is 0 Å². The summed E-state index contributed by atoms with van der Waals surface area (Å²) in [6.45, 7) is 6.92. The fraction of sp³-hybridized carbons (Fsp3) is 0.750. The molecule has 0 bridgehead atoms. The van der Waals surface area contributed by atoms with Gasteiger partial charge < -0.3 is 4.74 Å².